The van der Waals surface area contributed by atoms with Crippen molar-refractivity contribution in [1.29, 1.82) is 0 Å². The minimum Gasteiger partial charge on any atom is -0.375 e. The van der Waals surface area contributed by atoms with Gasteiger partial charge in [-0.05, 0) is 31.5 Å². The van der Waals surface area contributed by atoms with Gasteiger partial charge in [0.25, 0.3) is 0 Å². The van der Waals surface area contributed by atoms with Crippen molar-refractivity contribution < 1.29 is 14.3 Å². The summed E-state index contributed by atoms with van der Waals surface area (Å²) in [6, 6.07) is 5.00. The van der Waals surface area contributed by atoms with E-state index in [1.54, 1.807) is 22.8 Å². The highest BCUT2D eigenvalue weighted by Crippen LogP contribution is 2.28. The van der Waals surface area contributed by atoms with Gasteiger partial charge < -0.3 is 14.5 Å². The molecule has 0 aromatic heterocycles. The second-order valence-corrected chi connectivity index (χ2v) is 5.48. The third-order valence-electron chi connectivity index (χ3n) is 3.77. The Morgan fingerprint density at radius 2 is 2.14 bits per heavy atom. The Kier molecular flexibility index (Phi) is 4.85. The highest BCUT2D eigenvalue weighted by Gasteiger charge is 2.35. The molecule has 1 aliphatic rings. The summed E-state index contributed by atoms with van der Waals surface area (Å²) >= 11 is 6.12. The lowest BCUT2D eigenvalue weighted by Crippen LogP contribution is -2.58. The quantitative estimate of drug-likeness (QED) is 0.856. The van der Waals surface area contributed by atoms with Gasteiger partial charge in [-0.2, -0.15) is 0 Å². The Morgan fingerprint density at radius 3 is 2.81 bits per heavy atom. The molecule has 0 spiro atoms. The molecule has 0 bridgehead atoms. The average Bonchev–Trinajstić information content (AvgIpc) is 2.45. The monoisotopic (exact) mass is 310 g/mol. The van der Waals surface area contributed by atoms with Crippen LogP contribution in [-0.4, -0.2) is 49.6 Å². The molecule has 0 radical (unpaired) electrons. The van der Waals surface area contributed by atoms with Crippen molar-refractivity contribution in [3.63, 3.8) is 0 Å². The van der Waals surface area contributed by atoms with Gasteiger partial charge in [0, 0.05) is 30.9 Å². The van der Waals surface area contributed by atoms with E-state index in [1.165, 1.54) is 7.11 Å². The first-order valence-corrected chi connectivity index (χ1v) is 7.20. The van der Waals surface area contributed by atoms with Gasteiger partial charge in [0.05, 0.1) is 0 Å². The van der Waals surface area contributed by atoms with E-state index in [2.05, 4.69) is 0 Å². The number of piperazine rings is 1. The van der Waals surface area contributed by atoms with Gasteiger partial charge in [0.1, 0.15) is 12.6 Å². The molecule has 1 aromatic carbocycles. The van der Waals surface area contributed by atoms with Gasteiger partial charge in [0.2, 0.25) is 11.8 Å². The fourth-order valence-electron chi connectivity index (χ4n) is 2.55. The van der Waals surface area contributed by atoms with Gasteiger partial charge in [-0.1, -0.05) is 17.7 Å². The smallest absolute Gasteiger partial charge is 0.249 e. The zero-order valence-electron chi connectivity index (χ0n) is 12.4. The predicted octanol–water partition coefficient (Wildman–Crippen LogP) is 1.86. The van der Waals surface area contributed by atoms with Crippen molar-refractivity contribution in [2.24, 2.45) is 0 Å². The van der Waals surface area contributed by atoms with Gasteiger partial charge in [-0.25, -0.2) is 0 Å². The number of methoxy groups -OCH3 is 1. The van der Waals surface area contributed by atoms with Crippen LogP contribution in [0.3, 0.4) is 0 Å². The number of hydrogen-bond donors (Lipinski definition) is 0. The predicted molar refractivity (Wildman–Crippen MR) is 81.6 cm³/mol. The van der Waals surface area contributed by atoms with Crippen molar-refractivity contribution in [3.8, 4) is 0 Å². The summed E-state index contributed by atoms with van der Waals surface area (Å²) in [4.78, 5) is 27.7. The fraction of sp³-hybridized carbons (Fsp3) is 0.467. The van der Waals surface area contributed by atoms with Crippen molar-refractivity contribution in [3.05, 3.63) is 28.8 Å². The van der Waals surface area contributed by atoms with Crippen molar-refractivity contribution in [2.45, 2.75) is 19.9 Å². The van der Waals surface area contributed by atoms with Crippen LogP contribution in [0, 0.1) is 6.92 Å². The number of benzene rings is 1. The molecule has 2 rings (SSSR count). The van der Waals surface area contributed by atoms with E-state index < -0.39 is 6.04 Å². The number of carbonyl (C=O) groups excluding carboxylic acids is 2. The number of ether oxygens (including phenoxy) is 1. The number of anilines is 1. The fourth-order valence-corrected chi connectivity index (χ4v) is 2.71. The molecule has 5 nitrogen and oxygen atoms in total. The highest BCUT2D eigenvalue weighted by molar-refractivity contribution is 6.31. The molecule has 114 valence electrons. The SMILES string of the molecule is COCC(=O)N1CCN(c2cccc(Cl)c2C)C(=O)C1C. The lowest BCUT2D eigenvalue weighted by molar-refractivity contribution is -0.143. The van der Waals surface area contributed by atoms with Crippen LogP contribution in [0.2, 0.25) is 5.02 Å². The van der Waals surface area contributed by atoms with E-state index in [1.807, 2.05) is 19.1 Å². The minimum atomic E-state index is -0.500. The Bertz CT molecular complexity index is 562. The highest BCUT2D eigenvalue weighted by atomic mass is 35.5. The first-order chi connectivity index (χ1) is 9.97. The summed E-state index contributed by atoms with van der Waals surface area (Å²) in [5.74, 6) is -0.267. The topological polar surface area (TPSA) is 49.9 Å². The maximum atomic E-state index is 12.6. The number of hydrogen-bond acceptors (Lipinski definition) is 3. The van der Waals surface area contributed by atoms with Crippen LogP contribution in [0.25, 0.3) is 0 Å². The molecule has 0 saturated carbocycles. The Balaban J connectivity index is 2.22. The summed E-state index contributed by atoms with van der Waals surface area (Å²) in [6.07, 6.45) is 0. The molecule has 1 aromatic rings. The van der Waals surface area contributed by atoms with E-state index in [0.717, 1.165) is 11.3 Å². The summed E-state index contributed by atoms with van der Waals surface area (Å²) in [7, 11) is 1.47. The molecule has 0 aliphatic carbocycles. The molecule has 2 amide bonds. The van der Waals surface area contributed by atoms with Crippen LogP contribution >= 0.6 is 11.6 Å². The summed E-state index contributed by atoms with van der Waals surface area (Å²) in [5, 5.41) is 0.630. The van der Waals surface area contributed by atoms with Gasteiger partial charge in [-0.3, -0.25) is 9.59 Å². The maximum Gasteiger partial charge on any atom is 0.249 e. The molecule has 1 unspecified atom stereocenters. The molecule has 21 heavy (non-hydrogen) atoms. The van der Waals surface area contributed by atoms with Crippen LogP contribution < -0.4 is 4.90 Å². The van der Waals surface area contributed by atoms with E-state index in [9.17, 15) is 9.59 Å². The third-order valence-corrected chi connectivity index (χ3v) is 4.18. The van der Waals surface area contributed by atoms with Crippen molar-refractivity contribution in [1.82, 2.24) is 4.90 Å². The lowest BCUT2D eigenvalue weighted by atomic mass is 10.1. The Labute approximate surface area is 129 Å². The number of nitrogens with zero attached hydrogens (tertiary/aromatic N) is 2. The summed E-state index contributed by atoms with van der Waals surface area (Å²) < 4.78 is 4.85. The Hall–Kier alpha value is -1.59. The second kappa shape index (κ2) is 6.45. The van der Waals surface area contributed by atoms with Crippen molar-refractivity contribution in [2.75, 3.05) is 31.7 Å². The molecule has 1 aliphatic heterocycles. The zero-order chi connectivity index (χ0) is 15.6. The standard InChI is InChI=1S/C15H19ClN2O3/c1-10-12(16)5-4-6-13(10)18-8-7-17(11(2)15(18)20)14(19)9-21-3/h4-6,11H,7-9H2,1-3H3. The van der Waals surface area contributed by atoms with Crippen LogP contribution in [0.1, 0.15) is 12.5 Å². The van der Waals surface area contributed by atoms with Crippen LogP contribution in [0.15, 0.2) is 18.2 Å². The third kappa shape index (κ3) is 3.04. The number of rotatable bonds is 3. The summed E-state index contributed by atoms with van der Waals surface area (Å²) in [5.41, 5.74) is 1.68. The van der Waals surface area contributed by atoms with Crippen molar-refractivity contribution >= 4 is 29.1 Å². The normalized spacial score (nSPS) is 19.0. The molecule has 6 heteroatoms. The second-order valence-electron chi connectivity index (χ2n) is 5.07. The largest absolute Gasteiger partial charge is 0.375 e. The number of halogens is 1. The first kappa shape index (κ1) is 15.8. The maximum absolute atomic E-state index is 12.6. The van der Waals surface area contributed by atoms with Gasteiger partial charge in [-0.15, -0.1) is 0 Å². The molecular formula is C15H19ClN2O3. The molecule has 1 fully saturated rings. The van der Waals surface area contributed by atoms with E-state index >= 15 is 0 Å². The van der Waals surface area contributed by atoms with E-state index in [4.69, 9.17) is 16.3 Å². The molecule has 1 atom stereocenters. The average molecular weight is 311 g/mol. The van der Waals surface area contributed by atoms with Crippen LogP contribution in [-0.2, 0) is 14.3 Å². The van der Waals surface area contributed by atoms with Crippen LogP contribution in [0.4, 0.5) is 5.69 Å². The molecular weight excluding hydrogens is 292 g/mol. The molecule has 1 heterocycles. The lowest BCUT2D eigenvalue weighted by Gasteiger charge is -2.39. The molecule has 0 N–H and O–H groups in total. The zero-order valence-corrected chi connectivity index (χ0v) is 13.2. The minimum absolute atomic E-state index is 0.00614. The number of carbonyl (C=O) groups is 2. The first-order valence-electron chi connectivity index (χ1n) is 6.82. The van der Waals surface area contributed by atoms with Gasteiger partial charge in [0.15, 0.2) is 0 Å². The molecule has 1 saturated heterocycles. The Morgan fingerprint density at radius 1 is 1.43 bits per heavy atom. The van der Waals surface area contributed by atoms with E-state index in [-0.39, 0.29) is 18.4 Å². The van der Waals surface area contributed by atoms with Crippen LogP contribution in [0.5, 0.6) is 0 Å². The number of amides is 2. The van der Waals surface area contributed by atoms with Gasteiger partial charge >= 0.3 is 0 Å². The van der Waals surface area contributed by atoms with E-state index in [0.29, 0.717) is 18.1 Å². The summed E-state index contributed by atoms with van der Waals surface area (Å²) in [6.45, 7) is 4.56.